The topological polar surface area (TPSA) is 183 Å². The molecule has 0 amide bonds. The van der Waals surface area contributed by atoms with E-state index in [-0.39, 0.29) is 6.61 Å². The second-order valence-corrected chi connectivity index (χ2v) is 3.04. The summed E-state index contributed by atoms with van der Waals surface area (Å²) in [5.41, 5.74) is 0.505. The molecule has 0 rings (SSSR count). The molecule has 7 N–H and O–H groups in total. The third-order valence-electron chi connectivity index (χ3n) is 1.43. The third-order valence-corrected chi connectivity index (χ3v) is 1.43. The fourth-order valence-electron chi connectivity index (χ4n) is 0.707. The molecule has 0 saturated carbocycles. The molecule has 0 aromatic carbocycles. The first-order valence-corrected chi connectivity index (χ1v) is 4.47. The lowest BCUT2D eigenvalue weighted by molar-refractivity contribution is -0.372. The van der Waals surface area contributed by atoms with Crippen LogP contribution in [0, 0.1) is 0 Å². The Hall–Kier alpha value is -1.71. The Balaban J connectivity index is 0. The second-order valence-electron chi connectivity index (χ2n) is 3.04. The smallest absolute Gasteiger partial charge is 0.306 e. The van der Waals surface area contributed by atoms with Crippen LogP contribution in [-0.2, 0) is 14.4 Å². The van der Waals surface area contributed by atoms with E-state index in [1.54, 1.807) is 0 Å². The molecule has 0 aromatic rings. The maximum Gasteiger partial charge on any atom is 0.306 e. The average molecular weight is 253 g/mol. The monoisotopic (exact) mass is 253 g/mol. The van der Waals surface area contributed by atoms with Crippen molar-refractivity contribution in [1.82, 2.24) is 0 Å². The summed E-state index contributed by atoms with van der Waals surface area (Å²) in [7, 11) is 0. The predicted molar refractivity (Wildman–Crippen MR) is 49.3 cm³/mol. The van der Waals surface area contributed by atoms with Crippen molar-refractivity contribution < 1.29 is 45.6 Å². The van der Waals surface area contributed by atoms with E-state index in [0.717, 1.165) is 0 Å². The predicted octanol–water partition coefficient (Wildman–Crippen LogP) is -4.36. The van der Waals surface area contributed by atoms with E-state index < -0.39 is 36.4 Å². The van der Waals surface area contributed by atoms with Crippen LogP contribution in [0.2, 0.25) is 0 Å². The van der Waals surface area contributed by atoms with E-state index in [2.05, 4.69) is 5.73 Å². The van der Waals surface area contributed by atoms with E-state index in [9.17, 15) is 19.5 Å². The van der Waals surface area contributed by atoms with Crippen LogP contribution in [-0.4, -0.2) is 57.1 Å². The van der Waals surface area contributed by atoms with Crippen molar-refractivity contribution in [3.05, 3.63) is 0 Å². The molecule has 0 heterocycles. The highest BCUT2D eigenvalue weighted by atomic mass is 16.4. The zero-order valence-corrected chi connectivity index (χ0v) is 8.96. The van der Waals surface area contributed by atoms with E-state index in [1.165, 1.54) is 0 Å². The maximum atomic E-state index is 10.2. The van der Waals surface area contributed by atoms with Gasteiger partial charge >= 0.3 is 11.9 Å². The van der Waals surface area contributed by atoms with Gasteiger partial charge in [0.05, 0.1) is 32.0 Å². The Morgan fingerprint density at radius 1 is 1.12 bits per heavy atom. The number of carbonyl (C=O) groups excluding carboxylic acids is 1. The number of hydrogen-bond donors (Lipinski definition) is 5. The van der Waals surface area contributed by atoms with Gasteiger partial charge in [-0.05, 0) is 0 Å². The molecule has 9 nitrogen and oxygen atoms in total. The zero-order valence-electron chi connectivity index (χ0n) is 8.96. The summed E-state index contributed by atoms with van der Waals surface area (Å²) in [4.78, 5) is 30.3. The van der Waals surface area contributed by atoms with Gasteiger partial charge in [-0.3, -0.25) is 9.59 Å². The minimum atomic E-state index is -2.85. The molecule has 0 saturated heterocycles. The quantitative estimate of drug-likeness (QED) is 0.314. The van der Waals surface area contributed by atoms with Crippen LogP contribution in [0.25, 0.3) is 0 Å². The number of rotatable bonds is 6. The molecule has 0 aromatic heterocycles. The van der Waals surface area contributed by atoms with Crippen molar-refractivity contribution in [1.29, 1.82) is 0 Å². The Bertz CT molecular complexity index is 259. The summed E-state index contributed by atoms with van der Waals surface area (Å²) < 4.78 is 0. The molecule has 9 heteroatoms. The van der Waals surface area contributed by atoms with E-state index >= 15 is 0 Å². The Morgan fingerprint density at radius 3 is 1.53 bits per heavy atom. The van der Waals surface area contributed by atoms with Gasteiger partial charge in [0, 0.05) is 0 Å². The van der Waals surface area contributed by atoms with Crippen molar-refractivity contribution in [2.75, 3.05) is 13.2 Å². The van der Waals surface area contributed by atoms with Crippen LogP contribution in [0.15, 0.2) is 0 Å². The largest absolute Gasteiger partial charge is 0.547 e. The van der Waals surface area contributed by atoms with Gasteiger partial charge < -0.3 is 36.1 Å². The van der Waals surface area contributed by atoms with Crippen LogP contribution < -0.4 is 10.8 Å². The van der Waals surface area contributed by atoms with E-state index in [0.29, 0.717) is 6.54 Å². The number of aliphatic hydroxyl groups excluding tert-OH is 1. The third kappa shape index (κ3) is 9.23. The van der Waals surface area contributed by atoms with Crippen molar-refractivity contribution >= 4 is 17.9 Å². The SMILES string of the molecule is O=C(O)CC(O)(CC(=O)O)C(=O)[O-].[NH3+]CCO. The molecule has 0 bridgehead atoms. The highest BCUT2D eigenvalue weighted by Gasteiger charge is 2.34. The standard InChI is InChI=1S/C6H8O7.C2H7NO/c7-3(8)1-6(13,5(11)12)2-4(9)10;3-1-2-4/h13H,1-2H2,(H,7,8)(H,9,10)(H,11,12);4H,1-3H2. The van der Waals surface area contributed by atoms with Gasteiger partial charge in [-0.15, -0.1) is 0 Å². The molecule has 0 aliphatic heterocycles. The van der Waals surface area contributed by atoms with Crippen LogP contribution in [0.4, 0.5) is 0 Å². The lowest BCUT2D eigenvalue weighted by atomic mass is 9.96. The molecule has 0 spiro atoms. The van der Waals surface area contributed by atoms with Gasteiger partial charge in [0.2, 0.25) is 0 Å². The minimum absolute atomic E-state index is 0.208. The first kappa shape index (κ1) is 17.7. The number of quaternary nitrogens is 1. The number of hydrogen-bond acceptors (Lipinski definition) is 6. The summed E-state index contributed by atoms with van der Waals surface area (Å²) >= 11 is 0. The van der Waals surface area contributed by atoms with Crippen LogP contribution in [0.3, 0.4) is 0 Å². The first-order valence-electron chi connectivity index (χ1n) is 4.47. The number of carboxylic acid groups (broad SMARTS) is 3. The highest BCUT2D eigenvalue weighted by molar-refractivity contribution is 5.86. The van der Waals surface area contributed by atoms with E-state index in [1.807, 2.05) is 0 Å². The van der Waals surface area contributed by atoms with Crippen molar-refractivity contribution in [3.8, 4) is 0 Å². The molecule has 0 aliphatic rings. The molecule has 17 heavy (non-hydrogen) atoms. The Morgan fingerprint density at radius 2 is 1.41 bits per heavy atom. The fourth-order valence-corrected chi connectivity index (χ4v) is 0.707. The molecule has 0 unspecified atom stereocenters. The molecule has 100 valence electrons. The zero-order chi connectivity index (χ0) is 14.1. The minimum Gasteiger partial charge on any atom is -0.547 e. The first-order chi connectivity index (χ1) is 7.69. The molecular weight excluding hydrogens is 238 g/mol. The number of aliphatic hydroxyl groups is 2. The molecule has 0 radical (unpaired) electrons. The Labute approximate surface area is 96.1 Å². The number of aliphatic carboxylic acids is 3. The fraction of sp³-hybridized carbons (Fsp3) is 0.625. The Kier molecular flexibility index (Phi) is 8.78. The molecule has 0 aliphatic carbocycles. The summed E-state index contributed by atoms with van der Waals surface area (Å²) in [5.74, 6) is -5.35. The maximum absolute atomic E-state index is 10.2. The lowest BCUT2D eigenvalue weighted by Gasteiger charge is -2.25. The molecule has 0 atom stereocenters. The van der Waals surface area contributed by atoms with Gasteiger partial charge in [-0.25, -0.2) is 0 Å². The average Bonchev–Trinajstić information content (AvgIpc) is 2.15. The van der Waals surface area contributed by atoms with Gasteiger partial charge in [0.25, 0.3) is 0 Å². The number of carbonyl (C=O) groups is 3. The summed E-state index contributed by atoms with van der Waals surface area (Å²) in [6, 6.07) is 0. The van der Waals surface area contributed by atoms with E-state index in [4.69, 9.17) is 20.4 Å². The van der Waals surface area contributed by atoms with Gasteiger partial charge in [0.1, 0.15) is 5.60 Å². The van der Waals surface area contributed by atoms with Crippen LogP contribution >= 0.6 is 0 Å². The number of carboxylic acids is 3. The van der Waals surface area contributed by atoms with Crippen LogP contribution in [0.1, 0.15) is 12.8 Å². The van der Waals surface area contributed by atoms with Gasteiger partial charge in [-0.1, -0.05) is 0 Å². The molecule has 0 fully saturated rings. The van der Waals surface area contributed by atoms with Gasteiger partial charge in [-0.2, -0.15) is 0 Å². The van der Waals surface area contributed by atoms with Crippen molar-refractivity contribution in [2.24, 2.45) is 0 Å². The molecular formula is C8H15NO8. The highest BCUT2D eigenvalue weighted by Crippen LogP contribution is 2.14. The van der Waals surface area contributed by atoms with Crippen molar-refractivity contribution in [3.63, 3.8) is 0 Å². The normalized spacial score (nSPS) is 10.1. The lowest BCUT2D eigenvalue weighted by Crippen LogP contribution is -2.51. The van der Waals surface area contributed by atoms with Crippen molar-refractivity contribution in [2.45, 2.75) is 18.4 Å². The summed E-state index contributed by atoms with van der Waals surface area (Å²) in [6.07, 6.45) is -2.41. The summed E-state index contributed by atoms with van der Waals surface area (Å²) in [5, 5.41) is 43.4. The van der Waals surface area contributed by atoms with Crippen LogP contribution in [0.5, 0.6) is 0 Å². The summed E-state index contributed by atoms with van der Waals surface area (Å²) in [6.45, 7) is 0.833. The second kappa shape index (κ2) is 8.44. The van der Waals surface area contributed by atoms with Gasteiger partial charge in [0.15, 0.2) is 0 Å².